The molecule has 1 heterocycles. The zero-order chi connectivity index (χ0) is 12.1. The lowest BCUT2D eigenvalue weighted by atomic mass is 10.1. The maximum atomic E-state index is 5.75. The number of hydrogen-bond acceptors (Lipinski definition) is 2. The number of hydrogen-bond donors (Lipinski definition) is 1. The van der Waals surface area contributed by atoms with Crippen molar-refractivity contribution in [3.8, 4) is 0 Å². The van der Waals surface area contributed by atoms with Gasteiger partial charge >= 0.3 is 0 Å². The van der Waals surface area contributed by atoms with E-state index in [1.807, 2.05) is 12.4 Å². The zero-order valence-corrected chi connectivity index (χ0v) is 10.6. The van der Waals surface area contributed by atoms with Gasteiger partial charge in [-0.3, -0.25) is 0 Å². The molecule has 1 aromatic heterocycles. The topological polar surface area (TPSA) is 29.9 Å². The highest BCUT2D eigenvalue weighted by atomic mass is 35.5. The molecule has 0 saturated heterocycles. The lowest BCUT2D eigenvalue weighted by Crippen LogP contribution is -2.06. The molecule has 0 unspecified atom stereocenters. The maximum Gasteiger partial charge on any atom is 0.203 e. The van der Waals surface area contributed by atoms with Crippen molar-refractivity contribution in [3.05, 3.63) is 47.8 Å². The number of rotatable bonds is 5. The van der Waals surface area contributed by atoms with Gasteiger partial charge in [-0.2, -0.15) is 0 Å². The van der Waals surface area contributed by atoms with Gasteiger partial charge in [0.25, 0.3) is 0 Å². The van der Waals surface area contributed by atoms with Crippen molar-refractivity contribution in [1.82, 2.24) is 9.55 Å². The van der Waals surface area contributed by atoms with Gasteiger partial charge < -0.3 is 9.88 Å². The van der Waals surface area contributed by atoms with Gasteiger partial charge in [0, 0.05) is 31.4 Å². The Kier molecular flexibility index (Phi) is 4.04. The molecular weight excluding hydrogens is 234 g/mol. The molecule has 90 valence electrons. The van der Waals surface area contributed by atoms with Crippen molar-refractivity contribution in [3.63, 3.8) is 0 Å². The first-order chi connectivity index (χ1) is 8.33. The quantitative estimate of drug-likeness (QED) is 0.825. The predicted molar refractivity (Wildman–Crippen MR) is 71.2 cm³/mol. The summed E-state index contributed by atoms with van der Waals surface area (Å²) in [6.07, 6.45) is 3.78. The summed E-state index contributed by atoms with van der Waals surface area (Å²) >= 11 is 5.75. The van der Waals surface area contributed by atoms with Crippen LogP contribution in [-0.2, 0) is 19.0 Å². The van der Waals surface area contributed by atoms with Gasteiger partial charge in [0.05, 0.1) is 0 Å². The third kappa shape index (κ3) is 3.01. The fraction of sp³-hybridized carbons (Fsp3) is 0.308. The standard InChI is InChI=1S/C13H16ClN3/c1-2-17-8-7-15-13(17)16-10-12-5-3-11(9-14)4-6-12/h3-8H,2,9-10H2,1H3,(H,15,16). The van der Waals surface area contributed by atoms with Crippen LogP contribution in [0, 0.1) is 0 Å². The molecule has 0 spiro atoms. The molecule has 0 saturated carbocycles. The van der Waals surface area contributed by atoms with Crippen LogP contribution in [0.5, 0.6) is 0 Å². The molecule has 0 amide bonds. The number of benzene rings is 1. The molecule has 0 atom stereocenters. The van der Waals surface area contributed by atoms with Crippen LogP contribution in [0.15, 0.2) is 36.7 Å². The molecule has 3 nitrogen and oxygen atoms in total. The Balaban J connectivity index is 1.97. The summed E-state index contributed by atoms with van der Waals surface area (Å²) < 4.78 is 2.08. The molecule has 1 N–H and O–H groups in total. The lowest BCUT2D eigenvalue weighted by molar-refractivity contribution is 0.763. The normalized spacial score (nSPS) is 10.5. The van der Waals surface area contributed by atoms with Crippen LogP contribution in [0.1, 0.15) is 18.1 Å². The average molecular weight is 250 g/mol. The van der Waals surface area contributed by atoms with Crippen molar-refractivity contribution in [2.75, 3.05) is 5.32 Å². The number of anilines is 1. The van der Waals surface area contributed by atoms with Crippen LogP contribution in [0.25, 0.3) is 0 Å². The van der Waals surface area contributed by atoms with Crippen molar-refractivity contribution >= 4 is 17.5 Å². The molecule has 4 heteroatoms. The molecule has 0 aliphatic rings. The van der Waals surface area contributed by atoms with Gasteiger partial charge in [-0.15, -0.1) is 11.6 Å². The van der Waals surface area contributed by atoms with E-state index in [2.05, 4.69) is 46.1 Å². The lowest BCUT2D eigenvalue weighted by Gasteiger charge is -2.08. The Morgan fingerprint density at radius 1 is 1.24 bits per heavy atom. The van der Waals surface area contributed by atoms with Crippen LogP contribution < -0.4 is 5.32 Å². The van der Waals surface area contributed by atoms with Gasteiger partial charge in [0.1, 0.15) is 0 Å². The molecule has 0 aliphatic heterocycles. The van der Waals surface area contributed by atoms with Gasteiger partial charge in [-0.1, -0.05) is 24.3 Å². The zero-order valence-electron chi connectivity index (χ0n) is 9.86. The second-order valence-corrected chi connectivity index (χ2v) is 4.11. The summed E-state index contributed by atoms with van der Waals surface area (Å²) in [7, 11) is 0. The number of aromatic nitrogens is 2. The molecular formula is C13H16ClN3. The highest BCUT2D eigenvalue weighted by molar-refractivity contribution is 6.17. The Morgan fingerprint density at radius 3 is 2.59 bits per heavy atom. The van der Waals surface area contributed by atoms with E-state index in [1.165, 1.54) is 5.56 Å². The van der Waals surface area contributed by atoms with Crippen molar-refractivity contribution in [2.45, 2.75) is 25.9 Å². The van der Waals surface area contributed by atoms with Crippen LogP contribution in [-0.4, -0.2) is 9.55 Å². The van der Waals surface area contributed by atoms with Gasteiger partial charge in [-0.25, -0.2) is 4.98 Å². The van der Waals surface area contributed by atoms with Crippen molar-refractivity contribution < 1.29 is 0 Å². The molecule has 0 aliphatic carbocycles. The van der Waals surface area contributed by atoms with Crippen LogP contribution in [0.2, 0.25) is 0 Å². The maximum absolute atomic E-state index is 5.75. The summed E-state index contributed by atoms with van der Waals surface area (Å²) in [6.45, 7) is 3.80. The second-order valence-electron chi connectivity index (χ2n) is 3.84. The summed E-state index contributed by atoms with van der Waals surface area (Å²) in [5.41, 5.74) is 2.37. The molecule has 2 aromatic rings. The molecule has 17 heavy (non-hydrogen) atoms. The van der Waals surface area contributed by atoms with E-state index in [9.17, 15) is 0 Å². The Bertz CT molecular complexity index is 462. The van der Waals surface area contributed by atoms with E-state index in [0.29, 0.717) is 5.88 Å². The Hall–Kier alpha value is -1.48. The molecule has 0 radical (unpaired) electrons. The Labute approximate surface area is 106 Å². The number of alkyl halides is 1. The average Bonchev–Trinajstić information content (AvgIpc) is 2.84. The van der Waals surface area contributed by atoms with Gasteiger partial charge in [-0.05, 0) is 18.1 Å². The second kappa shape index (κ2) is 5.73. The summed E-state index contributed by atoms with van der Waals surface area (Å²) in [4.78, 5) is 4.27. The van der Waals surface area contributed by atoms with Crippen LogP contribution >= 0.6 is 11.6 Å². The van der Waals surface area contributed by atoms with E-state index in [4.69, 9.17) is 11.6 Å². The van der Waals surface area contributed by atoms with Gasteiger partial charge in [0.2, 0.25) is 5.95 Å². The molecule has 0 bridgehead atoms. The number of imidazole rings is 1. The fourth-order valence-electron chi connectivity index (χ4n) is 1.66. The van der Waals surface area contributed by atoms with E-state index < -0.39 is 0 Å². The highest BCUT2D eigenvalue weighted by Gasteiger charge is 2.00. The summed E-state index contributed by atoms with van der Waals surface area (Å²) in [5.74, 6) is 1.47. The third-order valence-electron chi connectivity index (χ3n) is 2.68. The van der Waals surface area contributed by atoms with E-state index >= 15 is 0 Å². The van der Waals surface area contributed by atoms with Crippen LogP contribution in [0.3, 0.4) is 0 Å². The first-order valence-corrected chi connectivity index (χ1v) is 6.25. The molecule has 2 rings (SSSR count). The number of nitrogens with one attached hydrogen (secondary N) is 1. The predicted octanol–water partition coefficient (Wildman–Crippen LogP) is 3.25. The molecule has 1 aromatic carbocycles. The van der Waals surface area contributed by atoms with Gasteiger partial charge in [0.15, 0.2) is 0 Å². The first kappa shape index (κ1) is 12.0. The smallest absolute Gasteiger partial charge is 0.203 e. The van der Waals surface area contributed by atoms with Crippen molar-refractivity contribution in [2.24, 2.45) is 0 Å². The van der Waals surface area contributed by atoms with E-state index in [1.54, 1.807) is 0 Å². The number of halogens is 1. The minimum Gasteiger partial charge on any atom is -0.352 e. The third-order valence-corrected chi connectivity index (χ3v) is 2.99. The molecule has 0 fully saturated rings. The Morgan fingerprint density at radius 2 is 1.94 bits per heavy atom. The first-order valence-electron chi connectivity index (χ1n) is 5.72. The number of nitrogens with zero attached hydrogens (tertiary/aromatic N) is 2. The van der Waals surface area contributed by atoms with Crippen LogP contribution in [0.4, 0.5) is 5.95 Å². The van der Waals surface area contributed by atoms with E-state index in [-0.39, 0.29) is 0 Å². The van der Waals surface area contributed by atoms with Crippen molar-refractivity contribution in [1.29, 1.82) is 0 Å². The SMILES string of the molecule is CCn1ccnc1NCc1ccc(CCl)cc1. The monoisotopic (exact) mass is 249 g/mol. The minimum absolute atomic E-state index is 0.563. The highest BCUT2D eigenvalue weighted by Crippen LogP contribution is 2.10. The largest absolute Gasteiger partial charge is 0.352 e. The van der Waals surface area contributed by atoms with E-state index in [0.717, 1.165) is 24.6 Å². The summed E-state index contributed by atoms with van der Waals surface area (Å²) in [6, 6.07) is 8.28. The fourth-order valence-corrected chi connectivity index (χ4v) is 1.84. The minimum atomic E-state index is 0.563. The summed E-state index contributed by atoms with van der Waals surface area (Å²) in [5, 5.41) is 3.32. The number of aryl methyl sites for hydroxylation is 1.